The summed E-state index contributed by atoms with van der Waals surface area (Å²) in [6, 6.07) is 9.54. The first kappa shape index (κ1) is 12.2. The van der Waals surface area contributed by atoms with Gasteiger partial charge in [-0.2, -0.15) is 0 Å². The van der Waals surface area contributed by atoms with Gasteiger partial charge in [-0.15, -0.1) is 0 Å². The number of hydrogen-bond donors (Lipinski definition) is 1. The lowest BCUT2D eigenvalue weighted by molar-refractivity contribution is 0.0931. The average Bonchev–Trinajstić information content (AvgIpc) is 2.96. The molecule has 1 aromatic carbocycles. The van der Waals surface area contributed by atoms with Crippen LogP contribution in [0.1, 0.15) is 43.6 Å². The molecule has 102 valence electrons. The minimum Gasteiger partial charge on any atom is -0.373 e. The molecule has 0 aromatic heterocycles. The molecule has 0 amide bonds. The van der Waals surface area contributed by atoms with Crippen LogP contribution in [-0.4, -0.2) is 24.3 Å². The monoisotopic (exact) mass is 277 g/mol. The molecule has 2 heterocycles. The van der Waals surface area contributed by atoms with E-state index in [-0.39, 0.29) is 0 Å². The highest BCUT2D eigenvalue weighted by Crippen LogP contribution is 2.42. The van der Waals surface area contributed by atoms with Gasteiger partial charge in [0.05, 0.1) is 12.2 Å². The molecule has 19 heavy (non-hydrogen) atoms. The standard InChI is InChI=1S/C16H20ClNO/c17-14-4-2-1-3-13(14)10-7-11(8-10)18-15-9-12-5-6-16(15)19-12/h1-4,10-12,15-16,18H,5-9H2. The quantitative estimate of drug-likeness (QED) is 0.913. The Balaban J connectivity index is 1.32. The zero-order chi connectivity index (χ0) is 12.8. The highest BCUT2D eigenvalue weighted by Gasteiger charge is 2.43. The van der Waals surface area contributed by atoms with Gasteiger partial charge in [-0.05, 0) is 49.7 Å². The van der Waals surface area contributed by atoms with E-state index in [9.17, 15) is 0 Å². The summed E-state index contributed by atoms with van der Waals surface area (Å²) in [4.78, 5) is 0. The molecule has 2 saturated heterocycles. The SMILES string of the molecule is Clc1ccccc1C1CC(NC2CC3CCC2O3)C1. The molecule has 3 atom stereocenters. The first-order valence-electron chi connectivity index (χ1n) is 7.45. The maximum absolute atomic E-state index is 6.26. The topological polar surface area (TPSA) is 21.3 Å². The average molecular weight is 278 g/mol. The van der Waals surface area contributed by atoms with Gasteiger partial charge in [0.15, 0.2) is 0 Å². The number of hydrogen-bond acceptors (Lipinski definition) is 2. The largest absolute Gasteiger partial charge is 0.373 e. The third-order valence-corrected chi connectivity index (χ3v) is 5.38. The van der Waals surface area contributed by atoms with Gasteiger partial charge < -0.3 is 10.1 Å². The summed E-state index contributed by atoms with van der Waals surface area (Å²) in [5.74, 6) is 0.644. The van der Waals surface area contributed by atoms with Crippen molar-refractivity contribution in [3.8, 4) is 0 Å². The number of benzene rings is 1. The van der Waals surface area contributed by atoms with Crippen molar-refractivity contribution in [1.82, 2.24) is 5.32 Å². The number of nitrogens with one attached hydrogen (secondary N) is 1. The van der Waals surface area contributed by atoms with Crippen LogP contribution < -0.4 is 5.32 Å². The summed E-state index contributed by atoms with van der Waals surface area (Å²) in [6.45, 7) is 0. The molecule has 4 rings (SSSR count). The van der Waals surface area contributed by atoms with Gasteiger partial charge in [0.2, 0.25) is 0 Å². The highest BCUT2D eigenvalue weighted by atomic mass is 35.5. The second kappa shape index (κ2) is 4.76. The molecular formula is C16H20ClNO. The molecule has 1 aromatic rings. The fourth-order valence-corrected chi connectivity index (χ4v) is 4.22. The molecule has 0 spiro atoms. The zero-order valence-electron chi connectivity index (χ0n) is 11.0. The second-order valence-corrected chi connectivity index (χ2v) is 6.68. The van der Waals surface area contributed by atoms with E-state index in [1.165, 1.54) is 37.7 Å². The first-order chi connectivity index (χ1) is 9.29. The summed E-state index contributed by atoms with van der Waals surface area (Å²) in [5.41, 5.74) is 1.33. The Labute approximate surface area is 119 Å². The lowest BCUT2D eigenvalue weighted by atomic mass is 9.75. The molecule has 3 unspecified atom stereocenters. The van der Waals surface area contributed by atoms with Crippen molar-refractivity contribution in [2.24, 2.45) is 0 Å². The molecule has 3 aliphatic rings. The van der Waals surface area contributed by atoms with E-state index in [2.05, 4.69) is 17.4 Å². The van der Waals surface area contributed by atoms with E-state index in [1.54, 1.807) is 0 Å². The smallest absolute Gasteiger partial charge is 0.0733 e. The van der Waals surface area contributed by atoms with Crippen molar-refractivity contribution in [2.75, 3.05) is 0 Å². The normalized spacial score (nSPS) is 40.4. The van der Waals surface area contributed by atoms with E-state index in [0.717, 1.165) is 5.02 Å². The Morgan fingerprint density at radius 2 is 1.95 bits per heavy atom. The molecule has 1 N–H and O–H groups in total. The van der Waals surface area contributed by atoms with Crippen molar-refractivity contribution in [3.05, 3.63) is 34.9 Å². The van der Waals surface area contributed by atoms with Gasteiger partial charge >= 0.3 is 0 Å². The molecule has 1 saturated carbocycles. The zero-order valence-corrected chi connectivity index (χ0v) is 11.8. The summed E-state index contributed by atoms with van der Waals surface area (Å²) >= 11 is 6.26. The van der Waals surface area contributed by atoms with Crippen LogP contribution in [0.3, 0.4) is 0 Å². The number of fused-ring (bicyclic) bond motifs is 2. The maximum atomic E-state index is 6.26. The molecule has 2 nitrogen and oxygen atoms in total. The van der Waals surface area contributed by atoms with E-state index >= 15 is 0 Å². The highest BCUT2D eigenvalue weighted by molar-refractivity contribution is 6.31. The van der Waals surface area contributed by atoms with Gasteiger partial charge in [0, 0.05) is 17.1 Å². The minimum absolute atomic E-state index is 0.490. The van der Waals surface area contributed by atoms with Gasteiger partial charge in [0.1, 0.15) is 0 Å². The van der Waals surface area contributed by atoms with Crippen LogP contribution in [0.5, 0.6) is 0 Å². The van der Waals surface area contributed by atoms with Crippen molar-refractivity contribution in [3.63, 3.8) is 0 Å². The van der Waals surface area contributed by atoms with Crippen LogP contribution in [0, 0.1) is 0 Å². The maximum Gasteiger partial charge on any atom is 0.0733 e. The van der Waals surface area contributed by atoms with Crippen molar-refractivity contribution in [2.45, 2.75) is 62.3 Å². The van der Waals surface area contributed by atoms with Gasteiger partial charge in [-0.1, -0.05) is 29.8 Å². The number of ether oxygens (including phenoxy) is 1. The van der Waals surface area contributed by atoms with Crippen LogP contribution in [0.4, 0.5) is 0 Å². The van der Waals surface area contributed by atoms with Crippen molar-refractivity contribution < 1.29 is 4.74 Å². The summed E-state index contributed by atoms with van der Waals surface area (Å²) in [6.07, 6.45) is 7.22. The molecular weight excluding hydrogens is 258 g/mol. The molecule has 3 fully saturated rings. The van der Waals surface area contributed by atoms with Crippen LogP contribution >= 0.6 is 11.6 Å². The van der Waals surface area contributed by atoms with Crippen LogP contribution in [0.25, 0.3) is 0 Å². The lowest BCUT2D eigenvalue weighted by Gasteiger charge is -2.39. The Hall–Kier alpha value is -0.570. The first-order valence-corrected chi connectivity index (χ1v) is 7.83. The van der Waals surface area contributed by atoms with E-state index < -0.39 is 0 Å². The molecule has 0 radical (unpaired) electrons. The molecule has 3 heteroatoms. The van der Waals surface area contributed by atoms with Gasteiger partial charge in [-0.25, -0.2) is 0 Å². The molecule has 2 aliphatic heterocycles. The van der Waals surface area contributed by atoms with E-state index in [4.69, 9.17) is 16.3 Å². The minimum atomic E-state index is 0.490. The van der Waals surface area contributed by atoms with Crippen LogP contribution in [-0.2, 0) is 4.74 Å². The molecule has 2 bridgehead atoms. The summed E-state index contributed by atoms with van der Waals surface area (Å²) < 4.78 is 5.90. The Bertz CT molecular complexity index is 472. The lowest BCUT2D eigenvalue weighted by Crippen LogP contribution is -2.49. The Morgan fingerprint density at radius 1 is 1.11 bits per heavy atom. The summed E-state index contributed by atoms with van der Waals surface area (Å²) in [5, 5.41) is 4.72. The second-order valence-electron chi connectivity index (χ2n) is 6.27. The van der Waals surface area contributed by atoms with Crippen molar-refractivity contribution in [1.29, 1.82) is 0 Å². The number of rotatable bonds is 3. The fraction of sp³-hybridized carbons (Fsp3) is 0.625. The van der Waals surface area contributed by atoms with Crippen molar-refractivity contribution >= 4 is 11.6 Å². The van der Waals surface area contributed by atoms with Crippen LogP contribution in [0.2, 0.25) is 5.02 Å². The third kappa shape index (κ3) is 2.20. The van der Waals surface area contributed by atoms with E-state index in [1.807, 2.05) is 12.1 Å². The Morgan fingerprint density at radius 3 is 2.63 bits per heavy atom. The van der Waals surface area contributed by atoms with Gasteiger partial charge in [0.25, 0.3) is 0 Å². The predicted molar refractivity (Wildman–Crippen MR) is 76.7 cm³/mol. The number of halogens is 1. The van der Waals surface area contributed by atoms with Crippen LogP contribution in [0.15, 0.2) is 24.3 Å². The predicted octanol–water partition coefficient (Wildman–Crippen LogP) is 3.50. The van der Waals surface area contributed by atoms with Gasteiger partial charge in [-0.3, -0.25) is 0 Å². The fourth-order valence-electron chi connectivity index (χ4n) is 3.93. The third-order valence-electron chi connectivity index (χ3n) is 5.04. The summed E-state index contributed by atoms with van der Waals surface area (Å²) in [7, 11) is 0. The molecule has 1 aliphatic carbocycles. The van der Waals surface area contributed by atoms with E-state index in [0.29, 0.717) is 30.2 Å². The Kier molecular flexibility index (Phi) is 3.06.